The summed E-state index contributed by atoms with van der Waals surface area (Å²) in [7, 11) is -4.00. The molecule has 0 bridgehead atoms. The number of piperidine rings is 1. The van der Waals surface area contributed by atoms with Gasteiger partial charge < -0.3 is 0 Å². The van der Waals surface area contributed by atoms with Crippen LogP contribution in [0.3, 0.4) is 0 Å². The molecule has 10 heteroatoms. The number of alkyl halides is 3. The third-order valence-electron chi connectivity index (χ3n) is 4.10. The van der Waals surface area contributed by atoms with Gasteiger partial charge in [0.1, 0.15) is 0 Å². The number of nitrogens with one attached hydrogen (secondary N) is 1. The molecule has 1 amide bonds. The number of nitrogens with zero attached hydrogens (tertiary/aromatic N) is 2. The second kappa shape index (κ2) is 8.05. The fraction of sp³-hybridized carbons (Fsp3) is 0.500. The Morgan fingerprint density at radius 2 is 1.88 bits per heavy atom. The van der Waals surface area contributed by atoms with Crippen LogP contribution in [0.1, 0.15) is 24.0 Å². The summed E-state index contributed by atoms with van der Waals surface area (Å²) in [6, 6.07) is 8.03. The van der Waals surface area contributed by atoms with Crippen molar-refractivity contribution in [3.8, 4) is 6.07 Å². The summed E-state index contributed by atoms with van der Waals surface area (Å²) in [6.07, 6.45) is -3.98. The van der Waals surface area contributed by atoms with E-state index in [1.165, 1.54) is 17.0 Å². The van der Waals surface area contributed by atoms with Gasteiger partial charge in [0.2, 0.25) is 15.9 Å². The number of hydrogen-bond donors (Lipinski definition) is 1. The van der Waals surface area contributed by atoms with Gasteiger partial charge in [0.15, 0.2) is 0 Å². The molecular weight excluding hydrogens is 371 g/mol. The van der Waals surface area contributed by atoms with Crippen LogP contribution in [0.4, 0.5) is 13.2 Å². The molecule has 1 fully saturated rings. The summed E-state index contributed by atoms with van der Waals surface area (Å²) in [6.45, 7) is -0.881. The van der Waals surface area contributed by atoms with Crippen molar-refractivity contribution in [3.05, 3.63) is 35.4 Å². The summed E-state index contributed by atoms with van der Waals surface area (Å²) in [5, 5.41) is 8.99. The fourth-order valence-corrected chi connectivity index (χ4v) is 4.05. The highest BCUT2D eigenvalue weighted by Gasteiger charge is 2.34. The van der Waals surface area contributed by atoms with Crippen molar-refractivity contribution in [2.24, 2.45) is 5.92 Å². The van der Waals surface area contributed by atoms with Crippen LogP contribution >= 0.6 is 0 Å². The average Bonchev–Trinajstić information content (AvgIpc) is 2.53. The van der Waals surface area contributed by atoms with E-state index in [4.69, 9.17) is 5.26 Å². The first-order chi connectivity index (χ1) is 12.1. The summed E-state index contributed by atoms with van der Waals surface area (Å²) in [5.74, 6) is -1.89. The van der Waals surface area contributed by atoms with E-state index in [0.717, 1.165) is 0 Å². The van der Waals surface area contributed by atoms with Gasteiger partial charge in [-0.15, -0.1) is 0 Å². The van der Waals surface area contributed by atoms with Gasteiger partial charge in [0, 0.05) is 5.92 Å². The molecule has 0 aliphatic carbocycles. The summed E-state index contributed by atoms with van der Waals surface area (Å²) >= 11 is 0. The van der Waals surface area contributed by atoms with Crippen molar-refractivity contribution in [1.82, 2.24) is 9.62 Å². The molecule has 1 aromatic carbocycles. The number of benzene rings is 1. The number of carbonyl (C=O) groups excluding carboxylic acids is 1. The molecule has 0 spiro atoms. The summed E-state index contributed by atoms with van der Waals surface area (Å²) in [4.78, 5) is 13.4. The molecule has 2 rings (SSSR count). The van der Waals surface area contributed by atoms with Crippen molar-refractivity contribution in [2.45, 2.75) is 24.8 Å². The maximum atomic E-state index is 12.4. The van der Waals surface area contributed by atoms with Gasteiger partial charge >= 0.3 is 6.18 Å². The number of halogens is 3. The quantitative estimate of drug-likeness (QED) is 0.829. The van der Waals surface area contributed by atoms with Crippen molar-refractivity contribution >= 4 is 15.9 Å². The molecule has 0 atom stereocenters. The zero-order valence-corrected chi connectivity index (χ0v) is 14.6. The zero-order chi connectivity index (χ0) is 19.4. The molecule has 1 heterocycles. The lowest BCUT2D eigenvalue weighted by Gasteiger charge is -2.31. The topological polar surface area (TPSA) is 90.3 Å². The van der Waals surface area contributed by atoms with Crippen molar-refractivity contribution in [1.29, 1.82) is 5.26 Å². The summed E-state index contributed by atoms with van der Waals surface area (Å²) in [5.41, 5.74) is 0.473. The van der Waals surface area contributed by atoms with Gasteiger partial charge in [-0.25, -0.2) is 8.42 Å². The Hall–Kier alpha value is -2.12. The van der Waals surface area contributed by atoms with Crippen LogP contribution in [-0.2, 0) is 20.6 Å². The summed E-state index contributed by atoms with van der Waals surface area (Å²) < 4.78 is 63.4. The minimum absolute atomic E-state index is 0.0783. The van der Waals surface area contributed by atoms with Crippen LogP contribution < -0.4 is 4.72 Å². The maximum Gasteiger partial charge on any atom is 0.401 e. The van der Waals surface area contributed by atoms with Gasteiger partial charge in [0.05, 0.1) is 23.9 Å². The molecule has 1 N–H and O–H groups in total. The third-order valence-corrected chi connectivity index (χ3v) is 5.30. The highest BCUT2D eigenvalue weighted by molar-refractivity contribution is 7.89. The Kier molecular flexibility index (Phi) is 6.26. The Labute approximate surface area is 149 Å². The van der Waals surface area contributed by atoms with E-state index in [-0.39, 0.29) is 37.1 Å². The first kappa shape index (κ1) is 20.2. The minimum Gasteiger partial charge on any atom is -0.295 e. The van der Waals surface area contributed by atoms with Crippen molar-refractivity contribution in [2.75, 3.05) is 19.6 Å². The molecule has 0 saturated carbocycles. The second-order valence-corrected chi connectivity index (χ2v) is 7.88. The van der Waals surface area contributed by atoms with E-state index >= 15 is 0 Å². The van der Waals surface area contributed by atoms with Gasteiger partial charge in [-0.1, -0.05) is 18.2 Å². The highest BCUT2D eigenvalue weighted by Crippen LogP contribution is 2.23. The number of likely N-dealkylation sites (tertiary alicyclic amines) is 1. The van der Waals surface area contributed by atoms with Crippen molar-refractivity contribution in [3.63, 3.8) is 0 Å². The molecule has 26 heavy (non-hydrogen) atoms. The van der Waals surface area contributed by atoms with Crippen LogP contribution in [0.2, 0.25) is 0 Å². The van der Waals surface area contributed by atoms with E-state index in [9.17, 15) is 26.4 Å². The van der Waals surface area contributed by atoms with Crippen molar-refractivity contribution < 1.29 is 26.4 Å². The Bertz CT molecular complexity index is 795. The standard InChI is InChI=1S/C16H18F3N3O3S/c17-16(18,19)11-22-7-5-12(6-8-22)15(23)21-26(24,25)10-14-4-2-1-3-13(14)9-20/h1-4,12H,5-8,10-11H2,(H,21,23). The lowest BCUT2D eigenvalue weighted by atomic mass is 9.96. The van der Waals surface area contributed by atoms with Gasteiger partial charge in [0.25, 0.3) is 0 Å². The predicted octanol–water partition coefficient (Wildman–Crippen LogP) is 1.78. The number of carbonyl (C=O) groups is 1. The van der Waals surface area contributed by atoms with Crippen LogP contribution in [0.5, 0.6) is 0 Å². The lowest BCUT2D eigenvalue weighted by Crippen LogP contribution is -2.45. The molecule has 6 nitrogen and oxygen atoms in total. The average molecular weight is 389 g/mol. The van der Waals surface area contributed by atoms with Crippen LogP contribution in [0.25, 0.3) is 0 Å². The molecule has 1 aromatic rings. The van der Waals surface area contributed by atoms with E-state index in [1.807, 2.05) is 10.8 Å². The van der Waals surface area contributed by atoms with E-state index < -0.39 is 40.3 Å². The lowest BCUT2D eigenvalue weighted by molar-refractivity contribution is -0.149. The normalized spacial score (nSPS) is 16.8. The number of amides is 1. The number of hydrogen-bond acceptors (Lipinski definition) is 5. The number of rotatable bonds is 5. The molecule has 1 saturated heterocycles. The monoisotopic (exact) mass is 389 g/mol. The van der Waals surface area contributed by atoms with Gasteiger partial charge in [-0.05, 0) is 37.6 Å². The zero-order valence-electron chi connectivity index (χ0n) is 13.8. The largest absolute Gasteiger partial charge is 0.401 e. The second-order valence-electron chi connectivity index (χ2n) is 6.16. The van der Waals surface area contributed by atoms with E-state index in [2.05, 4.69) is 0 Å². The first-order valence-corrected chi connectivity index (χ1v) is 9.56. The number of sulfonamides is 1. The maximum absolute atomic E-state index is 12.4. The van der Waals surface area contributed by atoms with Gasteiger partial charge in [-0.3, -0.25) is 14.4 Å². The van der Waals surface area contributed by atoms with Crippen LogP contribution in [0.15, 0.2) is 24.3 Å². The Balaban J connectivity index is 1.92. The SMILES string of the molecule is N#Cc1ccccc1CS(=O)(=O)NC(=O)C1CCN(CC(F)(F)F)CC1. The first-order valence-electron chi connectivity index (χ1n) is 7.91. The van der Waals surface area contributed by atoms with E-state index in [0.29, 0.717) is 0 Å². The van der Waals surface area contributed by atoms with Gasteiger partial charge in [-0.2, -0.15) is 18.4 Å². The third kappa shape index (κ3) is 6.00. The fourth-order valence-electron chi connectivity index (χ4n) is 2.84. The Morgan fingerprint density at radius 1 is 1.27 bits per heavy atom. The predicted molar refractivity (Wildman–Crippen MR) is 87.1 cm³/mol. The Morgan fingerprint density at radius 3 is 2.46 bits per heavy atom. The van der Waals surface area contributed by atoms with E-state index in [1.54, 1.807) is 12.1 Å². The molecule has 1 aliphatic heterocycles. The smallest absolute Gasteiger partial charge is 0.295 e. The molecule has 1 aliphatic rings. The van der Waals surface area contributed by atoms with Crippen LogP contribution in [0, 0.1) is 17.2 Å². The molecule has 0 radical (unpaired) electrons. The molecule has 0 aromatic heterocycles. The molecule has 0 unspecified atom stereocenters. The molecular formula is C16H18F3N3O3S. The minimum atomic E-state index is -4.30. The molecule has 142 valence electrons. The number of nitriles is 1. The van der Waals surface area contributed by atoms with Crippen LogP contribution in [-0.4, -0.2) is 45.0 Å². The highest BCUT2D eigenvalue weighted by atomic mass is 32.2.